The lowest BCUT2D eigenvalue weighted by atomic mass is 9.92. The largest absolute Gasteiger partial charge is 0.354 e. The van der Waals surface area contributed by atoms with E-state index in [0.717, 1.165) is 32.4 Å². The molecule has 2 fully saturated rings. The number of hydrogen-bond acceptors (Lipinski definition) is 3. The second-order valence-electron chi connectivity index (χ2n) is 6.28. The average molecular weight is 338 g/mol. The minimum atomic E-state index is -0.101. The highest BCUT2D eigenvalue weighted by atomic mass is 35.5. The van der Waals surface area contributed by atoms with Gasteiger partial charge in [0.25, 0.3) is 5.91 Å². The Morgan fingerprint density at radius 2 is 1.74 bits per heavy atom. The Labute approximate surface area is 143 Å². The van der Waals surface area contributed by atoms with E-state index in [1.807, 2.05) is 18.2 Å². The monoisotopic (exact) mass is 337 g/mol. The minimum Gasteiger partial charge on any atom is -0.354 e. The third-order valence-electron chi connectivity index (χ3n) is 4.85. The fourth-order valence-corrected chi connectivity index (χ4v) is 3.37. The quantitative estimate of drug-likeness (QED) is 0.710. The predicted octanol–water partition coefficient (Wildman–Crippen LogP) is 1.34. The van der Waals surface area contributed by atoms with Gasteiger partial charge in [0.1, 0.15) is 0 Å². The third-order valence-corrected chi connectivity index (χ3v) is 4.85. The number of nitrogens with one attached hydrogen (secondary N) is 3. The zero-order valence-electron chi connectivity index (χ0n) is 13.1. The zero-order chi connectivity index (χ0) is 15.4. The molecule has 1 atom stereocenters. The first kappa shape index (κ1) is 17.8. The molecule has 0 radical (unpaired) electrons. The average Bonchev–Trinajstić information content (AvgIpc) is 3.26. The van der Waals surface area contributed by atoms with Gasteiger partial charge in [-0.05, 0) is 49.9 Å². The number of carbonyl (C=O) groups is 2. The van der Waals surface area contributed by atoms with Gasteiger partial charge in [-0.15, -0.1) is 12.4 Å². The van der Waals surface area contributed by atoms with Crippen molar-refractivity contribution in [3.8, 4) is 0 Å². The minimum absolute atomic E-state index is 0. The Hall–Kier alpha value is -1.59. The topological polar surface area (TPSA) is 70.2 Å². The van der Waals surface area contributed by atoms with Crippen molar-refractivity contribution < 1.29 is 9.59 Å². The van der Waals surface area contributed by atoms with E-state index in [0.29, 0.717) is 18.7 Å². The molecule has 2 amide bonds. The molecule has 1 saturated heterocycles. The molecular weight excluding hydrogens is 314 g/mol. The number of benzene rings is 1. The smallest absolute Gasteiger partial charge is 0.251 e. The molecular formula is C17H24ClN3O2. The van der Waals surface area contributed by atoms with E-state index in [9.17, 15) is 9.59 Å². The van der Waals surface area contributed by atoms with Crippen LogP contribution in [0.3, 0.4) is 0 Å². The Morgan fingerprint density at radius 3 is 2.43 bits per heavy atom. The molecule has 6 heteroatoms. The number of amides is 2. The van der Waals surface area contributed by atoms with Crippen LogP contribution in [-0.4, -0.2) is 38.0 Å². The van der Waals surface area contributed by atoms with Crippen molar-refractivity contribution in [3.05, 3.63) is 35.9 Å². The molecule has 2 aliphatic rings. The molecule has 0 aromatic heterocycles. The van der Waals surface area contributed by atoms with Crippen molar-refractivity contribution in [1.29, 1.82) is 0 Å². The summed E-state index contributed by atoms with van der Waals surface area (Å²) in [5.41, 5.74) is 0.910. The van der Waals surface area contributed by atoms with E-state index in [1.165, 1.54) is 0 Å². The van der Waals surface area contributed by atoms with Crippen molar-refractivity contribution in [2.75, 3.05) is 26.2 Å². The van der Waals surface area contributed by atoms with E-state index >= 15 is 0 Å². The Bertz CT molecular complexity index is 544. The lowest BCUT2D eigenvalue weighted by molar-refractivity contribution is -0.123. The molecule has 1 aliphatic carbocycles. The molecule has 3 rings (SSSR count). The molecule has 0 bridgehead atoms. The maximum atomic E-state index is 12.1. The SMILES string of the molecule is Cl.O=C(NCCNC(=O)C1CC12CCNCC2)c1ccccc1. The Morgan fingerprint density at radius 1 is 1.09 bits per heavy atom. The lowest BCUT2D eigenvalue weighted by Gasteiger charge is -2.23. The van der Waals surface area contributed by atoms with Crippen LogP contribution in [0, 0.1) is 11.3 Å². The molecule has 1 heterocycles. The van der Waals surface area contributed by atoms with Crippen LogP contribution in [0.5, 0.6) is 0 Å². The summed E-state index contributed by atoms with van der Waals surface area (Å²) in [5.74, 6) is 0.228. The van der Waals surface area contributed by atoms with Crippen molar-refractivity contribution in [1.82, 2.24) is 16.0 Å². The number of rotatable bonds is 5. The highest BCUT2D eigenvalue weighted by Gasteiger charge is 2.57. The van der Waals surface area contributed by atoms with Crippen LogP contribution >= 0.6 is 12.4 Å². The van der Waals surface area contributed by atoms with Gasteiger partial charge in [0.05, 0.1) is 0 Å². The summed E-state index contributed by atoms with van der Waals surface area (Å²) in [6.07, 6.45) is 3.24. The molecule has 126 valence electrons. The summed E-state index contributed by atoms with van der Waals surface area (Å²) < 4.78 is 0. The summed E-state index contributed by atoms with van der Waals surface area (Å²) in [6.45, 7) is 3.00. The maximum Gasteiger partial charge on any atom is 0.251 e. The van der Waals surface area contributed by atoms with Crippen LogP contribution in [0.1, 0.15) is 29.6 Å². The Kier molecular flexibility index (Phi) is 6.02. The first-order valence-electron chi connectivity index (χ1n) is 8.03. The van der Waals surface area contributed by atoms with Crippen LogP contribution in [-0.2, 0) is 4.79 Å². The number of piperidine rings is 1. The van der Waals surface area contributed by atoms with Gasteiger partial charge in [0.2, 0.25) is 5.91 Å². The van der Waals surface area contributed by atoms with Crippen LogP contribution in [0.2, 0.25) is 0 Å². The van der Waals surface area contributed by atoms with Crippen LogP contribution < -0.4 is 16.0 Å². The molecule has 1 unspecified atom stereocenters. The maximum absolute atomic E-state index is 12.1. The van der Waals surface area contributed by atoms with Crippen molar-refractivity contribution in [3.63, 3.8) is 0 Å². The zero-order valence-corrected chi connectivity index (χ0v) is 14.0. The van der Waals surface area contributed by atoms with Gasteiger partial charge in [-0.25, -0.2) is 0 Å². The van der Waals surface area contributed by atoms with Crippen molar-refractivity contribution >= 4 is 24.2 Å². The fraction of sp³-hybridized carbons (Fsp3) is 0.529. The molecule has 1 aliphatic heterocycles. The molecule has 1 aromatic carbocycles. The molecule has 3 N–H and O–H groups in total. The standard InChI is InChI=1S/C17H23N3O2.ClH/c21-15(13-4-2-1-3-5-13)19-10-11-20-16(22)14-12-17(14)6-8-18-9-7-17;/h1-5,14,18H,6-12H2,(H,19,21)(H,20,22);1H. The van der Waals surface area contributed by atoms with Gasteiger partial charge in [-0.1, -0.05) is 18.2 Å². The highest BCUT2D eigenvalue weighted by molar-refractivity contribution is 5.94. The van der Waals surface area contributed by atoms with Crippen LogP contribution in [0.25, 0.3) is 0 Å². The van der Waals surface area contributed by atoms with Gasteiger partial charge in [-0.2, -0.15) is 0 Å². The fourth-order valence-electron chi connectivity index (χ4n) is 3.37. The van der Waals surface area contributed by atoms with Crippen LogP contribution in [0.4, 0.5) is 0 Å². The predicted molar refractivity (Wildman–Crippen MR) is 91.7 cm³/mol. The van der Waals surface area contributed by atoms with E-state index in [4.69, 9.17) is 0 Å². The van der Waals surface area contributed by atoms with Gasteiger partial charge >= 0.3 is 0 Å². The molecule has 5 nitrogen and oxygen atoms in total. The summed E-state index contributed by atoms with van der Waals surface area (Å²) in [4.78, 5) is 24.0. The molecule has 1 saturated carbocycles. The number of carbonyl (C=O) groups excluding carboxylic acids is 2. The number of halogens is 1. The Balaban J connectivity index is 0.00000192. The summed E-state index contributed by atoms with van der Waals surface area (Å²) in [5, 5.41) is 9.11. The van der Waals surface area contributed by atoms with E-state index in [-0.39, 0.29) is 35.6 Å². The summed E-state index contributed by atoms with van der Waals surface area (Å²) in [6, 6.07) is 9.10. The van der Waals surface area contributed by atoms with E-state index < -0.39 is 0 Å². The first-order chi connectivity index (χ1) is 10.7. The van der Waals surface area contributed by atoms with Crippen LogP contribution in [0.15, 0.2) is 30.3 Å². The van der Waals surface area contributed by atoms with Crippen molar-refractivity contribution in [2.45, 2.75) is 19.3 Å². The summed E-state index contributed by atoms with van der Waals surface area (Å²) >= 11 is 0. The number of hydrogen-bond donors (Lipinski definition) is 3. The lowest BCUT2D eigenvalue weighted by Crippen LogP contribution is -2.37. The van der Waals surface area contributed by atoms with E-state index in [2.05, 4.69) is 16.0 Å². The normalized spacial score (nSPS) is 21.1. The van der Waals surface area contributed by atoms with E-state index in [1.54, 1.807) is 12.1 Å². The first-order valence-corrected chi connectivity index (χ1v) is 8.03. The molecule has 1 spiro atoms. The second kappa shape index (κ2) is 7.79. The van der Waals surface area contributed by atoms with Crippen molar-refractivity contribution in [2.24, 2.45) is 11.3 Å². The van der Waals surface area contributed by atoms with Gasteiger partial charge in [0.15, 0.2) is 0 Å². The molecule has 1 aromatic rings. The van der Waals surface area contributed by atoms with Gasteiger partial charge in [0, 0.05) is 24.6 Å². The summed E-state index contributed by atoms with van der Waals surface area (Å²) in [7, 11) is 0. The molecule has 23 heavy (non-hydrogen) atoms. The highest BCUT2D eigenvalue weighted by Crippen LogP contribution is 2.58. The second-order valence-corrected chi connectivity index (χ2v) is 6.28. The van der Waals surface area contributed by atoms with Gasteiger partial charge < -0.3 is 16.0 Å². The third kappa shape index (κ3) is 4.24. The van der Waals surface area contributed by atoms with Gasteiger partial charge in [-0.3, -0.25) is 9.59 Å².